The molecule has 0 fully saturated rings. The van der Waals surface area contributed by atoms with E-state index < -0.39 is 0 Å². The maximum atomic E-state index is 5.36. The van der Waals surface area contributed by atoms with Gasteiger partial charge in [0.1, 0.15) is 0 Å². The maximum absolute atomic E-state index is 5.36. The van der Waals surface area contributed by atoms with Crippen molar-refractivity contribution in [3.8, 4) is 67.5 Å². The molecule has 0 saturated heterocycles. The molecule has 0 aliphatic carbocycles. The van der Waals surface area contributed by atoms with E-state index in [-0.39, 0.29) is 10.8 Å². The normalized spacial score (nSPS) is 11.8. The van der Waals surface area contributed by atoms with Gasteiger partial charge in [-0.15, -0.1) is 0 Å². The molecule has 0 spiro atoms. The molecule has 258 valence electrons. The number of aryl methyl sites for hydroxylation is 2. The van der Waals surface area contributed by atoms with Gasteiger partial charge in [0, 0.05) is 23.5 Å². The van der Waals surface area contributed by atoms with E-state index in [2.05, 4.69) is 165 Å². The lowest BCUT2D eigenvalue weighted by atomic mass is 9.84. The smallest absolute Gasteiger partial charge is 0.0923 e. The van der Waals surface area contributed by atoms with E-state index in [0.29, 0.717) is 0 Å². The highest BCUT2D eigenvalue weighted by atomic mass is 14.8. The van der Waals surface area contributed by atoms with E-state index in [1.54, 1.807) is 0 Å². The summed E-state index contributed by atoms with van der Waals surface area (Å²) in [4.78, 5) is 20.4. The molecule has 0 aliphatic rings. The summed E-state index contributed by atoms with van der Waals surface area (Å²) in [5.41, 5.74) is 16.5. The molecule has 3 aromatic carbocycles. The number of nitrogens with zero attached hydrogens (tertiary/aromatic N) is 4. The van der Waals surface area contributed by atoms with Gasteiger partial charge in [0.2, 0.25) is 0 Å². The third kappa shape index (κ3) is 6.81. The summed E-state index contributed by atoms with van der Waals surface area (Å²) < 4.78 is 0. The first-order chi connectivity index (χ1) is 24.9. The third-order valence-corrected chi connectivity index (χ3v) is 9.79. The third-order valence-electron chi connectivity index (χ3n) is 9.79. The number of hydrogen-bond acceptors (Lipinski definition) is 4. The van der Waals surface area contributed by atoms with E-state index in [9.17, 15) is 0 Å². The fourth-order valence-corrected chi connectivity index (χ4v) is 7.08. The average Bonchev–Trinajstić information content (AvgIpc) is 3.14. The van der Waals surface area contributed by atoms with Crippen LogP contribution in [0, 0.1) is 13.8 Å². The van der Waals surface area contributed by atoms with Gasteiger partial charge < -0.3 is 0 Å². The van der Waals surface area contributed by atoms with Crippen molar-refractivity contribution >= 4 is 0 Å². The van der Waals surface area contributed by atoms with Crippen molar-refractivity contribution in [3.63, 3.8) is 0 Å². The second-order valence-corrected chi connectivity index (χ2v) is 15.7. The molecule has 0 bridgehead atoms. The molecular formula is C48H46N4. The van der Waals surface area contributed by atoms with Gasteiger partial charge in [0.25, 0.3) is 0 Å². The van der Waals surface area contributed by atoms with Crippen LogP contribution >= 0.6 is 0 Å². The first kappa shape index (κ1) is 34.7. The van der Waals surface area contributed by atoms with E-state index in [1.165, 1.54) is 22.3 Å². The first-order valence-electron chi connectivity index (χ1n) is 18.1. The lowest BCUT2D eigenvalue weighted by Crippen LogP contribution is -2.14. The van der Waals surface area contributed by atoms with Gasteiger partial charge in [0.05, 0.1) is 34.2 Å². The van der Waals surface area contributed by atoms with Crippen LogP contribution < -0.4 is 0 Å². The molecule has 4 heterocycles. The summed E-state index contributed by atoms with van der Waals surface area (Å²) in [5.74, 6) is 0. The Balaban J connectivity index is 1.52. The van der Waals surface area contributed by atoms with Crippen molar-refractivity contribution in [2.45, 2.75) is 66.2 Å². The first-order valence-corrected chi connectivity index (χ1v) is 18.1. The number of hydrogen-bond donors (Lipinski definition) is 0. The molecule has 0 saturated carbocycles. The highest BCUT2D eigenvalue weighted by Gasteiger charge is 2.24. The number of aromatic nitrogens is 4. The molecule has 4 heteroatoms. The van der Waals surface area contributed by atoms with Crippen molar-refractivity contribution in [3.05, 3.63) is 156 Å². The second-order valence-electron chi connectivity index (χ2n) is 15.7. The van der Waals surface area contributed by atoms with Crippen LogP contribution in [0.15, 0.2) is 134 Å². The summed E-state index contributed by atoms with van der Waals surface area (Å²) in [6.07, 6.45) is 3.72. The maximum Gasteiger partial charge on any atom is 0.0923 e. The van der Waals surface area contributed by atoms with Crippen molar-refractivity contribution in [1.82, 2.24) is 19.9 Å². The van der Waals surface area contributed by atoms with Gasteiger partial charge >= 0.3 is 0 Å². The van der Waals surface area contributed by atoms with Crippen LogP contribution in [0.2, 0.25) is 0 Å². The van der Waals surface area contributed by atoms with Crippen LogP contribution in [0.5, 0.6) is 0 Å². The van der Waals surface area contributed by atoms with Gasteiger partial charge in [-0.25, -0.2) is 9.97 Å². The number of rotatable bonds is 6. The van der Waals surface area contributed by atoms with Crippen molar-refractivity contribution in [1.29, 1.82) is 0 Å². The minimum Gasteiger partial charge on any atom is -0.254 e. The quantitative estimate of drug-likeness (QED) is 0.176. The van der Waals surface area contributed by atoms with Crippen LogP contribution in [0.3, 0.4) is 0 Å². The van der Waals surface area contributed by atoms with E-state index in [0.717, 1.165) is 67.5 Å². The number of benzene rings is 3. The fraction of sp³-hybridized carbons (Fsp3) is 0.208. The van der Waals surface area contributed by atoms with Gasteiger partial charge in [-0.05, 0) is 118 Å². The van der Waals surface area contributed by atoms with Gasteiger partial charge in [-0.2, -0.15) is 0 Å². The Morgan fingerprint density at radius 2 is 0.750 bits per heavy atom. The Labute approximate surface area is 308 Å². The van der Waals surface area contributed by atoms with E-state index in [4.69, 9.17) is 19.9 Å². The van der Waals surface area contributed by atoms with Crippen LogP contribution in [0.4, 0.5) is 0 Å². The topological polar surface area (TPSA) is 51.6 Å². The summed E-state index contributed by atoms with van der Waals surface area (Å²) in [6.45, 7) is 17.7. The largest absolute Gasteiger partial charge is 0.254 e. The molecule has 0 N–H and O–H groups in total. The summed E-state index contributed by atoms with van der Waals surface area (Å²) in [5, 5.41) is 0. The van der Waals surface area contributed by atoms with Crippen LogP contribution in [-0.4, -0.2) is 19.9 Å². The molecule has 52 heavy (non-hydrogen) atoms. The standard InChI is InChI=1S/C48H46N4/c1-31-17-9-11-19-33(31)35-29-38(42-24-14-26-44(52-42)46-40(48(6,7)8)22-16-28-50-46)36(34-20-12-10-18-32(34)2)30-37(35)41-23-13-25-43(51-41)45-39(47(3,4)5)21-15-27-49-45/h9-30H,1-8H3. The molecule has 0 atom stereocenters. The lowest BCUT2D eigenvalue weighted by Gasteiger charge is -2.23. The zero-order chi connectivity index (χ0) is 36.6. The summed E-state index contributed by atoms with van der Waals surface area (Å²) in [7, 11) is 0. The van der Waals surface area contributed by atoms with Crippen molar-refractivity contribution in [2.24, 2.45) is 0 Å². The van der Waals surface area contributed by atoms with Crippen LogP contribution in [0.25, 0.3) is 67.5 Å². The minimum atomic E-state index is -0.0856. The highest BCUT2D eigenvalue weighted by molar-refractivity contribution is 5.95. The monoisotopic (exact) mass is 678 g/mol. The van der Waals surface area contributed by atoms with Crippen molar-refractivity contribution < 1.29 is 0 Å². The second kappa shape index (κ2) is 13.8. The van der Waals surface area contributed by atoms with Gasteiger partial charge in [-0.1, -0.05) is 114 Å². The molecular weight excluding hydrogens is 633 g/mol. The predicted molar refractivity (Wildman–Crippen MR) is 217 cm³/mol. The molecule has 0 aliphatic heterocycles. The average molecular weight is 679 g/mol. The molecule has 4 nitrogen and oxygen atoms in total. The zero-order valence-corrected chi connectivity index (χ0v) is 31.5. The molecule has 4 aromatic heterocycles. The van der Waals surface area contributed by atoms with Gasteiger partial charge in [-0.3, -0.25) is 9.97 Å². The molecule has 7 rings (SSSR count). The Bertz CT molecular complexity index is 2240. The molecule has 0 radical (unpaired) electrons. The Hall–Kier alpha value is -5.74. The van der Waals surface area contributed by atoms with Crippen molar-refractivity contribution in [2.75, 3.05) is 0 Å². The Morgan fingerprint density at radius 1 is 0.365 bits per heavy atom. The number of pyridine rings is 4. The predicted octanol–water partition coefficient (Wildman–Crippen LogP) is 12.5. The summed E-state index contributed by atoms with van der Waals surface area (Å²) >= 11 is 0. The minimum absolute atomic E-state index is 0.0856. The van der Waals surface area contributed by atoms with Gasteiger partial charge in [0.15, 0.2) is 0 Å². The lowest BCUT2D eigenvalue weighted by molar-refractivity contribution is 0.589. The fourth-order valence-electron chi connectivity index (χ4n) is 7.08. The van der Waals surface area contributed by atoms with E-state index in [1.807, 2.05) is 24.5 Å². The van der Waals surface area contributed by atoms with E-state index >= 15 is 0 Å². The van der Waals surface area contributed by atoms with Crippen LogP contribution in [-0.2, 0) is 10.8 Å². The summed E-state index contributed by atoms with van der Waals surface area (Å²) in [6, 6.07) is 42.8. The highest BCUT2D eigenvalue weighted by Crippen LogP contribution is 2.44. The SMILES string of the molecule is Cc1ccccc1-c1cc(-c2cccc(-c3ncccc3C(C)(C)C)n2)c(-c2ccccc2C)cc1-c1cccc(-c2ncccc2C(C)(C)C)n1. The molecule has 0 amide bonds. The zero-order valence-electron chi connectivity index (χ0n) is 31.5. The van der Waals surface area contributed by atoms with Crippen LogP contribution in [0.1, 0.15) is 63.8 Å². The Kier molecular flexibility index (Phi) is 9.18. The Morgan fingerprint density at radius 3 is 1.13 bits per heavy atom. The molecule has 0 unspecified atom stereocenters. The molecule has 7 aromatic rings.